The molecule has 7 rings (SSSR count). The van der Waals surface area contributed by atoms with Crippen molar-refractivity contribution < 1.29 is 0 Å². The van der Waals surface area contributed by atoms with E-state index in [1.54, 1.807) is 0 Å². The van der Waals surface area contributed by atoms with E-state index >= 15 is 0 Å². The van der Waals surface area contributed by atoms with Crippen molar-refractivity contribution in [3.63, 3.8) is 0 Å². The van der Waals surface area contributed by atoms with Crippen molar-refractivity contribution in [2.45, 2.75) is 91.4 Å². The van der Waals surface area contributed by atoms with E-state index in [0.29, 0.717) is 0 Å². The van der Waals surface area contributed by atoms with Crippen molar-refractivity contribution in [3.8, 4) is 22.3 Å². The van der Waals surface area contributed by atoms with E-state index in [4.69, 9.17) is 9.98 Å². The number of anilines is 2. The molecule has 0 saturated carbocycles. The highest BCUT2D eigenvalue weighted by molar-refractivity contribution is 6.21. The lowest BCUT2D eigenvalue weighted by molar-refractivity contribution is 0.338. The van der Waals surface area contributed by atoms with E-state index in [0.717, 1.165) is 11.7 Å². The topological polar surface area (TPSA) is 31.2 Å². The highest BCUT2D eigenvalue weighted by Gasteiger charge is 2.49. The summed E-state index contributed by atoms with van der Waals surface area (Å²) in [6.45, 7) is 22.3. The second-order valence-electron chi connectivity index (χ2n) is 15.2. The number of nitrogens with zero attached hydrogens (tertiary/aromatic N) is 4. The Morgan fingerprint density at radius 1 is 0.413 bits per heavy atom. The van der Waals surface area contributed by atoms with Crippen molar-refractivity contribution in [1.29, 1.82) is 0 Å². The number of hydrogen-bond donors (Lipinski definition) is 0. The Labute approximate surface area is 274 Å². The maximum absolute atomic E-state index is 5.01. The van der Waals surface area contributed by atoms with Crippen LogP contribution in [0, 0.1) is 0 Å². The van der Waals surface area contributed by atoms with Crippen molar-refractivity contribution in [2.75, 3.05) is 9.80 Å². The monoisotopic (exact) mass is 606 g/mol. The number of benzene rings is 5. The third kappa shape index (κ3) is 4.26. The van der Waals surface area contributed by atoms with Crippen LogP contribution in [0.25, 0.3) is 43.8 Å². The molecule has 0 aliphatic carbocycles. The Kier molecular flexibility index (Phi) is 6.59. The van der Waals surface area contributed by atoms with Crippen LogP contribution in [0.15, 0.2) is 107 Å². The molecule has 0 aromatic heterocycles. The highest BCUT2D eigenvalue weighted by atomic mass is 15.3. The van der Waals surface area contributed by atoms with E-state index in [2.05, 4.69) is 176 Å². The summed E-state index contributed by atoms with van der Waals surface area (Å²) in [4.78, 5) is 14.8. The van der Waals surface area contributed by atoms with Crippen LogP contribution in [0.2, 0.25) is 0 Å². The van der Waals surface area contributed by atoms with Crippen molar-refractivity contribution in [3.05, 3.63) is 97.1 Å². The van der Waals surface area contributed by atoms with Gasteiger partial charge in [-0.3, -0.25) is 9.98 Å². The van der Waals surface area contributed by atoms with Crippen LogP contribution in [-0.2, 0) is 0 Å². The van der Waals surface area contributed by atoms with Gasteiger partial charge < -0.3 is 9.80 Å². The molecule has 0 N–H and O–H groups in total. The zero-order valence-corrected chi connectivity index (χ0v) is 29.0. The maximum Gasteiger partial charge on any atom is 0.102 e. The largest absolute Gasteiger partial charge is 0.322 e. The summed E-state index contributed by atoms with van der Waals surface area (Å²) in [6.07, 6.45) is 0. The maximum atomic E-state index is 5.01. The standard InChI is InChI=1S/C42H46N4/c1-27-43-39(3,4)41(7,8)45(27)31-23-19-29(20-24-31)37-33-15-11-13-17-35(33)38(36-18-14-12-16-34(36)37)30-21-25-32(26-22-30)46-28(2)44-40(5,6)42(46,9)10/h11-26H,1-10H3. The first-order valence-corrected chi connectivity index (χ1v) is 16.5. The third-order valence-corrected chi connectivity index (χ3v) is 11.4. The van der Waals surface area contributed by atoms with Crippen LogP contribution >= 0.6 is 0 Å². The minimum absolute atomic E-state index is 0.124. The molecule has 2 heterocycles. The molecular weight excluding hydrogens is 560 g/mol. The lowest BCUT2D eigenvalue weighted by Crippen LogP contribution is -2.52. The molecule has 0 atom stereocenters. The summed E-state index contributed by atoms with van der Waals surface area (Å²) >= 11 is 0. The van der Waals surface area contributed by atoms with Gasteiger partial charge >= 0.3 is 0 Å². The molecule has 4 nitrogen and oxygen atoms in total. The van der Waals surface area contributed by atoms with Crippen LogP contribution in [0.5, 0.6) is 0 Å². The van der Waals surface area contributed by atoms with E-state index in [-0.39, 0.29) is 22.2 Å². The molecule has 234 valence electrons. The van der Waals surface area contributed by atoms with Gasteiger partial charge in [-0.15, -0.1) is 0 Å². The Balaban J connectivity index is 1.35. The highest BCUT2D eigenvalue weighted by Crippen LogP contribution is 2.46. The van der Waals surface area contributed by atoms with Crippen molar-refractivity contribution in [2.24, 2.45) is 9.98 Å². The summed E-state index contributed by atoms with van der Waals surface area (Å²) in [6, 6.07) is 36.0. The van der Waals surface area contributed by atoms with Gasteiger partial charge in [-0.25, -0.2) is 0 Å². The molecule has 5 aromatic rings. The summed E-state index contributed by atoms with van der Waals surface area (Å²) in [5.41, 5.74) is 6.77. The molecule has 0 spiro atoms. The number of fused-ring (bicyclic) bond motifs is 2. The fourth-order valence-corrected chi connectivity index (χ4v) is 7.86. The van der Waals surface area contributed by atoms with E-state index in [9.17, 15) is 0 Å². The first kappa shape index (κ1) is 30.2. The first-order valence-electron chi connectivity index (χ1n) is 16.5. The summed E-state index contributed by atoms with van der Waals surface area (Å²) in [5, 5.41) is 5.05. The van der Waals surface area contributed by atoms with Crippen LogP contribution in [0.4, 0.5) is 11.4 Å². The van der Waals surface area contributed by atoms with Crippen LogP contribution in [0.1, 0.15) is 69.2 Å². The van der Waals surface area contributed by atoms with Gasteiger partial charge in [0.05, 0.1) is 22.2 Å². The average Bonchev–Trinajstić information content (AvgIpc) is 3.27. The molecule has 2 aliphatic rings. The minimum atomic E-state index is -0.163. The van der Waals surface area contributed by atoms with Crippen molar-refractivity contribution >= 4 is 44.6 Å². The summed E-state index contributed by atoms with van der Waals surface area (Å²) in [5.74, 6) is 2.13. The molecule has 0 fully saturated rings. The van der Waals surface area contributed by atoms with Gasteiger partial charge in [0.25, 0.3) is 0 Å². The second kappa shape index (κ2) is 10.0. The molecule has 46 heavy (non-hydrogen) atoms. The smallest absolute Gasteiger partial charge is 0.102 e. The van der Waals surface area contributed by atoms with Gasteiger partial charge in [0.1, 0.15) is 11.7 Å². The van der Waals surface area contributed by atoms with Gasteiger partial charge in [-0.1, -0.05) is 72.8 Å². The fraction of sp³-hybridized carbons (Fsp3) is 0.333. The lowest BCUT2D eigenvalue weighted by Gasteiger charge is -2.41. The zero-order valence-electron chi connectivity index (χ0n) is 29.0. The van der Waals surface area contributed by atoms with Gasteiger partial charge in [0.15, 0.2) is 0 Å². The predicted molar refractivity (Wildman–Crippen MR) is 200 cm³/mol. The van der Waals surface area contributed by atoms with E-state index in [1.807, 2.05) is 0 Å². The molecule has 5 aromatic carbocycles. The second-order valence-corrected chi connectivity index (χ2v) is 15.2. The predicted octanol–water partition coefficient (Wildman–Crippen LogP) is 10.9. The average molecular weight is 607 g/mol. The summed E-state index contributed by atoms with van der Waals surface area (Å²) < 4.78 is 0. The molecule has 0 bridgehead atoms. The van der Waals surface area contributed by atoms with Crippen LogP contribution in [-0.4, -0.2) is 33.8 Å². The third-order valence-electron chi connectivity index (χ3n) is 11.4. The van der Waals surface area contributed by atoms with Gasteiger partial charge in [0.2, 0.25) is 0 Å². The Morgan fingerprint density at radius 3 is 0.935 bits per heavy atom. The Morgan fingerprint density at radius 2 is 0.696 bits per heavy atom. The fourth-order valence-electron chi connectivity index (χ4n) is 7.86. The number of aliphatic imine (C=N–C) groups is 2. The van der Waals surface area contributed by atoms with Crippen LogP contribution in [0.3, 0.4) is 0 Å². The van der Waals surface area contributed by atoms with Gasteiger partial charge in [-0.2, -0.15) is 0 Å². The number of hydrogen-bond acceptors (Lipinski definition) is 4. The van der Waals surface area contributed by atoms with Gasteiger partial charge in [0, 0.05) is 11.4 Å². The van der Waals surface area contributed by atoms with Crippen molar-refractivity contribution in [1.82, 2.24) is 0 Å². The Bertz CT molecular complexity index is 1850. The zero-order chi connectivity index (χ0) is 32.8. The Hall–Kier alpha value is -4.44. The molecule has 0 radical (unpaired) electrons. The quantitative estimate of drug-likeness (QED) is 0.191. The first-order chi connectivity index (χ1) is 21.7. The van der Waals surface area contributed by atoms with Crippen LogP contribution < -0.4 is 9.80 Å². The molecular formula is C42H46N4. The molecule has 0 amide bonds. The number of amidine groups is 2. The van der Waals surface area contributed by atoms with Gasteiger partial charge in [-0.05, 0) is 137 Å². The lowest BCUT2D eigenvalue weighted by atomic mass is 9.82. The van der Waals surface area contributed by atoms with E-state index in [1.165, 1.54) is 55.2 Å². The number of rotatable bonds is 4. The minimum Gasteiger partial charge on any atom is -0.322 e. The molecule has 4 heteroatoms. The SMILES string of the molecule is CC1=NC(C)(C)C(C)(C)N1c1ccc(-c2c3ccccc3c(-c3ccc(N4C(C)=NC(C)(C)C4(C)C)cc3)c3ccccc23)cc1. The molecule has 0 unspecified atom stereocenters. The molecule has 0 saturated heterocycles. The normalized spacial score (nSPS) is 19.5. The molecule has 2 aliphatic heterocycles. The van der Waals surface area contributed by atoms with E-state index < -0.39 is 0 Å². The summed E-state index contributed by atoms with van der Waals surface area (Å²) in [7, 11) is 0.